The second-order valence-electron chi connectivity index (χ2n) is 3.98. The second kappa shape index (κ2) is 5.73. The van der Waals surface area contributed by atoms with Gasteiger partial charge >= 0.3 is 0 Å². The van der Waals surface area contributed by atoms with Crippen molar-refractivity contribution in [2.24, 2.45) is 5.73 Å². The van der Waals surface area contributed by atoms with Gasteiger partial charge in [0.25, 0.3) is 10.0 Å². The van der Waals surface area contributed by atoms with Crippen LogP contribution in [0.5, 0.6) is 0 Å². The number of hydrogen-bond donors (Lipinski definition) is 1. The van der Waals surface area contributed by atoms with E-state index in [0.717, 1.165) is 5.56 Å². The van der Waals surface area contributed by atoms with E-state index >= 15 is 0 Å². The van der Waals surface area contributed by atoms with Crippen LogP contribution in [0, 0.1) is 0 Å². The highest BCUT2D eigenvalue weighted by atomic mass is 32.2. The van der Waals surface area contributed by atoms with Crippen molar-refractivity contribution >= 4 is 27.0 Å². The number of nitrogens with zero attached hydrogens (tertiary/aromatic N) is 1. The largest absolute Gasteiger partial charge is 0.326 e. The van der Waals surface area contributed by atoms with Gasteiger partial charge in [0.2, 0.25) is 0 Å². The van der Waals surface area contributed by atoms with Gasteiger partial charge in [0.05, 0.1) is 5.69 Å². The lowest BCUT2D eigenvalue weighted by Crippen LogP contribution is -2.30. The highest BCUT2D eigenvalue weighted by Crippen LogP contribution is 2.27. The Morgan fingerprint density at radius 2 is 1.95 bits per heavy atom. The van der Waals surface area contributed by atoms with Gasteiger partial charge in [-0.3, -0.25) is 4.31 Å². The molecule has 0 aliphatic heterocycles. The van der Waals surface area contributed by atoms with Crippen molar-refractivity contribution in [2.45, 2.75) is 17.7 Å². The van der Waals surface area contributed by atoms with Gasteiger partial charge in [-0.2, -0.15) is 0 Å². The Labute approximate surface area is 117 Å². The maximum Gasteiger partial charge on any atom is 0.273 e. The number of anilines is 1. The van der Waals surface area contributed by atoms with E-state index in [1.165, 1.54) is 15.6 Å². The van der Waals surface area contributed by atoms with Crippen molar-refractivity contribution in [2.75, 3.05) is 10.8 Å². The maximum absolute atomic E-state index is 12.6. The van der Waals surface area contributed by atoms with E-state index in [4.69, 9.17) is 5.73 Å². The van der Waals surface area contributed by atoms with Crippen molar-refractivity contribution in [1.82, 2.24) is 0 Å². The standard InChI is InChI=1S/C13H16N2O2S2/c1-2-15(12-6-4-3-5-7-12)19(16,17)13-8-11(9-14)10-18-13/h3-8,10H,2,9,14H2,1H3. The van der Waals surface area contributed by atoms with Crippen LogP contribution < -0.4 is 10.0 Å². The van der Waals surface area contributed by atoms with Crippen LogP contribution in [0.15, 0.2) is 46.0 Å². The van der Waals surface area contributed by atoms with Gasteiger partial charge in [-0.15, -0.1) is 11.3 Å². The molecule has 0 unspecified atom stereocenters. The van der Waals surface area contributed by atoms with Crippen LogP contribution in [0.3, 0.4) is 0 Å². The van der Waals surface area contributed by atoms with Gasteiger partial charge in [-0.05, 0) is 36.1 Å². The first-order valence-corrected chi connectivity index (χ1v) is 8.27. The van der Waals surface area contributed by atoms with Crippen LogP contribution >= 0.6 is 11.3 Å². The molecule has 102 valence electrons. The second-order valence-corrected chi connectivity index (χ2v) is 6.98. The van der Waals surface area contributed by atoms with Crippen LogP contribution in [-0.4, -0.2) is 15.0 Å². The molecule has 2 rings (SSSR count). The number of nitrogens with two attached hydrogens (primary N) is 1. The fourth-order valence-electron chi connectivity index (χ4n) is 1.79. The number of rotatable bonds is 5. The Morgan fingerprint density at radius 1 is 1.26 bits per heavy atom. The van der Waals surface area contributed by atoms with Gasteiger partial charge in [0, 0.05) is 13.1 Å². The van der Waals surface area contributed by atoms with Crippen LogP contribution in [0.2, 0.25) is 0 Å². The molecule has 4 nitrogen and oxygen atoms in total. The molecular weight excluding hydrogens is 280 g/mol. The molecule has 1 heterocycles. The van der Waals surface area contributed by atoms with Crippen LogP contribution in [0.4, 0.5) is 5.69 Å². The highest BCUT2D eigenvalue weighted by Gasteiger charge is 2.24. The molecule has 0 amide bonds. The molecule has 0 saturated heterocycles. The first-order valence-electron chi connectivity index (χ1n) is 5.95. The number of thiophene rings is 1. The number of sulfonamides is 1. The van der Waals surface area contributed by atoms with Crippen molar-refractivity contribution in [3.8, 4) is 0 Å². The predicted octanol–water partition coefficient (Wildman–Crippen LogP) is 2.42. The van der Waals surface area contributed by atoms with E-state index < -0.39 is 10.0 Å². The average molecular weight is 296 g/mol. The average Bonchev–Trinajstić information content (AvgIpc) is 2.90. The Hall–Kier alpha value is -1.37. The van der Waals surface area contributed by atoms with Gasteiger partial charge in [0.1, 0.15) is 4.21 Å². The van der Waals surface area contributed by atoms with E-state index in [9.17, 15) is 8.42 Å². The molecule has 1 aromatic heterocycles. The molecule has 19 heavy (non-hydrogen) atoms. The molecular formula is C13H16N2O2S2. The zero-order valence-electron chi connectivity index (χ0n) is 10.6. The summed E-state index contributed by atoms with van der Waals surface area (Å²) in [6.07, 6.45) is 0. The molecule has 0 saturated carbocycles. The summed E-state index contributed by atoms with van der Waals surface area (Å²) in [5.41, 5.74) is 7.04. The molecule has 2 N–H and O–H groups in total. The van der Waals surface area contributed by atoms with E-state index in [2.05, 4.69) is 0 Å². The Morgan fingerprint density at radius 3 is 2.47 bits per heavy atom. The van der Waals surface area contributed by atoms with Gasteiger partial charge < -0.3 is 5.73 Å². The summed E-state index contributed by atoms with van der Waals surface area (Å²) in [6.45, 7) is 2.56. The lowest BCUT2D eigenvalue weighted by atomic mass is 10.3. The smallest absolute Gasteiger partial charge is 0.273 e. The Kier molecular flexibility index (Phi) is 4.24. The van der Waals surface area contributed by atoms with Crippen molar-refractivity contribution in [3.05, 3.63) is 47.3 Å². The van der Waals surface area contributed by atoms with Crippen molar-refractivity contribution in [3.63, 3.8) is 0 Å². The minimum atomic E-state index is -3.50. The predicted molar refractivity (Wildman–Crippen MR) is 78.9 cm³/mol. The molecule has 0 bridgehead atoms. The van der Waals surface area contributed by atoms with E-state index in [1.807, 2.05) is 25.1 Å². The van der Waals surface area contributed by atoms with Crippen LogP contribution in [0.1, 0.15) is 12.5 Å². The summed E-state index contributed by atoms with van der Waals surface area (Å²) in [5, 5.41) is 1.78. The number of para-hydroxylation sites is 1. The van der Waals surface area contributed by atoms with Crippen LogP contribution in [-0.2, 0) is 16.6 Å². The van der Waals surface area contributed by atoms with E-state index in [-0.39, 0.29) is 0 Å². The molecule has 0 atom stereocenters. The third-order valence-corrected chi connectivity index (χ3v) is 6.11. The fourth-order valence-corrected chi connectivity index (χ4v) is 4.60. The molecule has 0 radical (unpaired) electrons. The SMILES string of the molecule is CCN(c1ccccc1)S(=O)(=O)c1cc(CN)cs1. The first kappa shape index (κ1) is 14.0. The molecule has 0 fully saturated rings. The van der Waals surface area contributed by atoms with Crippen molar-refractivity contribution in [1.29, 1.82) is 0 Å². The topological polar surface area (TPSA) is 63.4 Å². The zero-order chi connectivity index (χ0) is 13.9. The van der Waals surface area contributed by atoms with E-state index in [0.29, 0.717) is 23.0 Å². The Bertz CT molecular complexity index is 636. The summed E-state index contributed by atoms with van der Waals surface area (Å²) in [7, 11) is -3.50. The van der Waals surface area contributed by atoms with Gasteiger partial charge in [0.15, 0.2) is 0 Å². The maximum atomic E-state index is 12.6. The number of benzene rings is 1. The molecule has 0 spiro atoms. The summed E-state index contributed by atoms with van der Waals surface area (Å²) >= 11 is 1.21. The minimum Gasteiger partial charge on any atom is -0.326 e. The van der Waals surface area contributed by atoms with Crippen LogP contribution in [0.25, 0.3) is 0 Å². The molecule has 6 heteroatoms. The number of hydrogen-bond acceptors (Lipinski definition) is 4. The summed E-state index contributed by atoms with van der Waals surface area (Å²) in [4.78, 5) is 0. The monoisotopic (exact) mass is 296 g/mol. The molecule has 0 aliphatic rings. The third-order valence-electron chi connectivity index (χ3n) is 2.74. The van der Waals surface area contributed by atoms with E-state index in [1.54, 1.807) is 23.6 Å². The quantitative estimate of drug-likeness (QED) is 0.921. The molecule has 0 aliphatic carbocycles. The normalized spacial score (nSPS) is 11.5. The molecule has 2 aromatic rings. The minimum absolute atomic E-state index is 0.332. The summed E-state index contributed by atoms with van der Waals surface area (Å²) in [6, 6.07) is 10.7. The first-order chi connectivity index (χ1) is 9.09. The summed E-state index contributed by atoms with van der Waals surface area (Å²) < 4.78 is 26.9. The fraction of sp³-hybridized carbons (Fsp3) is 0.231. The lowest BCUT2D eigenvalue weighted by Gasteiger charge is -2.21. The molecule has 1 aromatic carbocycles. The zero-order valence-corrected chi connectivity index (χ0v) is 12.2. The van der Waals surface area contributed by atoms with Gasteiger partial charge in [-0.25, -0.2) is 8.42 Å². The summed E-state index contributed by atoms with van der Waals surface area (Å²) in [5.74, 6) is 0. The highest BCUT2D eigenvalue weighted by molar-refractivity contribution is 7.94. The Balaban J connectivity index is 2.42. The third kappa shape index (κ3) is 2.80. The lowest BCUT2D eigenvalue weighted by molar-refractivity contribution is 0.594. The van der Waals surface area contributed by atoms with Crippen molar-refractivity contribution < 1.29 is 8.42 Å². The van der Waals surface area contributed by atoms with Gasteiger partial charge in [-0.1, -0.05) is 18.2 Å².